The van der Waals surface area contributed by atoms with Crippen LogP contribution < -0.4 is 4.74 Å². The fourth-order valence-electron chi connectivity index (χ4n) is 1.24. The van der Waals surface area contributed by atoms with Gasteiger partial charge in [-0.15, -0.1) is 0 Å². The minimum atomic E-state index is -1.03. The van der Waals surface area contributed by atoms with Gasteiger partial charge in [0.25, 0.3) is 0 Å². The molecule has 1 unspecified atom stereocenters. The summed E-state index contributed by atoms with van der Waals surface area (Å²) in [4.78, 5) is 10.3. The average Bonchev–Trinajstić information content (AvgIpc) is 2.29. The molecule has 17 heavy (non-hydrogen) atoms. The highest BCUT2D eigenvalue weighted by atomic mass is 16.5. The smallest absolute Gasteiger partial charge is 0.305 e. The Bertz CT molecular complexity index is 408. The Morgan fingerprint density at radius 1 is 1.41 bits per heavy atom. The van der Waals surface area contributed by atoms with Crippen molar-refractivity contribution in [1.82, 2.24) is 0 Å². The normalized spacial score (nSPS) is 11.5. The molecule has 1 rings (SSSR count). The maximum Gasteiger partial charge on any atom is 0.305 e. The summed E-state index contributed by atoms with van der Waals surface area (Å²) in [6.45, 7) is 0.236. The molecule has 0 aliphatic heterocycles. The number of benzene rings is 1. The lowest BCUT2D eigenvalue weighted by molar-refractivity contribution is -0.139. The number of ether oxygens (including phenoxy) is 1. The first-order chi connectivity index (χ1) is 8.11. The van der Waals surface area contributed by atoms with E-state index < -0.39 is 12.1 Å². The second-order valence-corrected chi connectivity index (χ2v) is 3.53. The van der Waals surface area contributed by atoms with Crippen LogP contribution in [0.15, 0.2) is 24.3 Å². The molecule has 0 aromatic heterocycles. The molecule has 1 atom stereocenters. The molecule has 5 nitrogen and oxygen atoms in total. The Kier molecular flexibility index (Phi) is 4.98. The quantitative estimate of drug-likeness (QED) is 0.772. The Morgan fingerprint density at radius 3 is 2.59 bits per heavy atom. The van der Waals surface area contributed by atoms with Gasteiger partial charge in [0.1, 0.15) is 5.75 Å². The highest BCUT2D eigenvalue weighted by Gasteiger charge is 2.09. The zero-order chi connectivity index (χ0) is 12.7. The SMILES string of the molecule is N#Cc1ccc(OCCC(O)CC(=O)O)cc1. The maximum atomic E-state index is 10.3. The molecule has 0 radical (unpaired) electrons. The second-order valence-electron chi connectivity index (χ2n) is 3.53. The number of carboxylic acid groups (broad SMARTS) is 1. The number of aliphatic hydroxyl groups excluding tert-OH is 1. The zero-order valence-electron chi connectivity index (χ0n) is 9.17. The number of carbonyl (C=O) groups is 1. The van der Waals surface area contributed by atoms with E-state index in [1.807, 2.05) is 6.07 Å². The van der Waals surface area contributed by atoms with E-state index in [0.717, 1.165) is 0 Å². The number of nitrogens with zero attached hydrogens (tertiary/aromatic N) is 1. The molecule has 0 spiro atoms. The van der Waals surface area contributed by atoms with E-state index in [-0.39, 0.29) is 19.4 Å². The number of nitriles is 1. The van der Waals surface area contributed by atoms with Crippen LogP contribution in [0.4, 0.5) is 0 Å². The van der Waals surface area contributed by atoms with E-state index in [9.17, 15) is 9.90 Å². The third kappa shape index (κ3) is 5.00. The van der Waals surface area contributed by atoms with Gasteiger partial charge in [-0.1, -0.05) is 0 Å². The van der Waals surface area contributed by atoms with E-state index >= 15 is 0 Å². The third-order valence-electron chi connectivity index (χ3n) is 2.11. The van der Waals surface area contributed by atoms with Gasteiger partial charge in [0.05, 0.1) is 30.8 Å². The first kappa shape index (κ1) is 13.0. The summed E-state index contributed by atoms with van der Waals surface area (Å²) in [6.07, 6.45) is -0.922. The average molecular weight is 235 g/mol. The van der Waals surface area contributed by atoms with Crippen LogP contribution in [0.5, 0.6) is 5.75 Å². The van der Waals surface area contributed by atoms with Crippen LogP contribution in [0.3, 0.4) is 0 Å². The lowest BCUT2D eigenvalue weighted by Crippen LogP contribution is -2.16. The summed E-state index contributed by atoms with van der Waals surface area (Å²) in [5, 5.41) is 26.3. The Morgan fingerprint density at radius 2 is 2.06 bits per heavy atom. The summed E-state index contributed by atoms with van der Waals surface area (Å²) in [6, 6.07) is 8.56. The van der Waals surface area contributed by atoms with E-state index in [1.54, 1.807) is 24.3 Å². The number of rotatable bonds is 6. The minimum absolute atomic E-state index is 0.236. The topological polar surface area (TPSA) is 90.5 Å². The van der Waals surface area contributed by atoms with Crippen molar-refractivity contribution in [1.29, 1.82) is 5.26 Å². The number of aliphatic hydroxyl groups is 1. The van der Waals surface area contributed by atoms with Crippen molar-refractivity contribution in [2.24, 2.45) is 0 Å². The van der Waals surface area contributed by atoms with E-state index in [4.69, 9.17) is 15.1 Å². The van der Waals surface area contributed by atoms with Crippen molar-refractivity contribution < 1.29 is 19.7 Å². The van der Waals surface area contributed by atoms with Gasteiger partial charge in [0, 0.05) is 6.42 Å². The Balaban J connectivity index is 2.31. The molecule has 0 heterocycles. The summed E-state index contributed by atoms with van der Waals surface area (Å²) in [5.41, 5.74) is 0.545. The van der Waals surface area contributed by atoms with Crippen molar-refractivity contribution in [3.8, 4) is 11.8 Å². The Hall–Kier alpha value is -2.06. The molecule has 0 fully saturated rings. The van der Waals surface area contributed by atoms with Gasteiger partial charge in [0.2, 0.25) is 0 Å². The fraction of sp³-hybridized carbons (Fsp3) is 0.333. The number of hydrogen-bond donors (Lipinski definition) is 2. The molecule has 0 aliphatic carbocycles. The molecular weight excluding hydrogens is 222 g/mol. The molecule has 1 aromatic rings. The van der Waals surface area contributed by atoms with Crippen LogP contribution in [0.25, 0.3) is 0 Å². The second kappa shape index (κ2) is 6.51. The summed E-state index contributed by atoms with van der Waals surface area (Å²) >= 11 is 0. The molecule has 0 saturated carbocycles. The molecule has 0 saturated heterocycles. The lowest BCUT2D eigenvalue weighted by Gasteiger charge is -2.09. The van der Waals surface area contributed by atoms with Gasteiger partial charge in [-0.2, -0.15) is 5.26 Å². The van der Waals surface area contributed by atoms with Crippen LogP contribution in [0.2, 0.25) is 0 Å². The van der Waals surface area contributed by atoms with Crippen molar-refractivity contribution in [2.75, 3.05) is 6.61 Å². The van der Waals surface area contributed by atoms with Gasteiger partial charge < -0.3 is 14.9 Å². The maximum absolute atomic E-state index is 10.3. The Labute approximate surface area is 98.9 Å². The molecular formula is C12H13NO4. The minimum Gasteiger partial charge on any atom is -0.493 e. The summed E-state index contributed by atoms with van der Waals surface area (Å²) < 4.78 is 5.30. The van der Waals surface area contributed by atoms with Gasteiger partial charge in [-0.05, 0) is 24.3 Å². The summed E-state index contributed by atoms with van der Waals surface area (Å²) in [5.74, 6) is -0.442. The third-order valence-corrected chi connectivity index (χ3v) is 2.11. The van der Waals surface area contributed by atoms with Crippen LogP contribution >= 0.6 is 0 Å². The van der Waals surface area contributed by atoms with Crippen LogP contribution in [0, 0.1) is 11.3 Å². The first-order valence-electron chi connectivity index (χ1n) is 5.14. The van der Waals surface area contributed by atoms with Crippen molar-refractivity contribution >= 4 is 5.97 Å². The van der Waals surface area contributed by atoms with Gasteiger partial charge in [-0.3, -0.25) is 4.79 Å². The fourth-order valence-corrected chi connectivity index (χ4v) is 1.24. The predicted molar refractivity (Wildman–Crippen MR) is 59.5 cm³/mol. The molecule has 0 aliphatic rings. The number of carboxylic acids is 1. The molecule has 1 aromatic carbocycles. The zero-order valence-corrected chi connectivity index (χ0v) is 9.17. The standard InChI is InChI=1S/C12H13NO4/c13-8-9-1-3-11(4-2-9)17-6-5-10(14)7-12(15)16/h1-4,10,14H,5-7H2,(H,15,16). The lowest BCUT2D eigenvalue weighted by atomic mass is 10.2. The van der Waals surface area contributed by atoms with Crippen LogP contribution in [-0.4, -0.2) is 28.9 Å². The van der Waals surface area contributed by atoms with Gasteiger partial charge in [0.15, 0.2) is 0 Å². The first-order valence-corrected chi connectivity index (χ1v) is 5.14. The monoisotopic (exact) mass is 235 g/mol. The van der Waals surface area contributed by atoms with Gasteiger partial charge >= 0.3 is 5.97 Å². The number of hydrogen-bond acceptors (Lipinski definition) is 4. The van der Waals surface area contributed by atoms with Crippen molar-refractivity contribution in [3.63, 3.8) is 0 Å². The van der Waals surface area contributed by atoms with E-state index in [0.29, 0.717) is 11.3 Å². The highest BCUT2D eigenvalue weighted by Crippen LogP contribution is 2.12. The number of aliphatic carboxylic acids is 1. The van der Waals surface area contributed by atoms with Crippen molar-refractivity contribution in [2.45, 2.75) is 18.9 Å². The molecule has 5 heteroatoms. The highest BCUT2D eigenvalue weighted by molar-refractivity contribution is 5.67. The largest absolute Gasteiger partial charge is 0.493 e. The van der Waals surface area contributed by atoms with Crippen molar-refractivity contribution in [3.05, 3.63) is 29.8 Å². The molecule has 90 valence electrons. The van der Waals surface area contributed by atoms with Gasteiger partial charge in [-0.25, -0.2) is 0 Å². The molecule has 0 amide bonds. The molecule has 2 N–H and O–H groups in total. The van der Waals surface area contributed by atoms with E-state index in [1.165, 1.54) is 0 Å². The summed E-state index contributed by atoms with van der Waals surface area (Å²) in [7, 11) is 0. The van der Waals surface area contributed by atoms with Crippen LogP contribution in [-0.2, 0) is 4.79 Å². The van der Waals surface area contributed by atoms with Crippen LogP contribution in [0.1, 0.15) is 18.4 Å². The predicted octanol–water partition coefficient (Wildman–Crippen LogP) is 1.16. The molecule has 0 bridgehead atoms. The van der Waals surface area contributed by atoms with E-state index in [2.05, 4.69) is 0 Å².